The summed E-state index contributed by atoms with van der Waals surface area (Å²) in [4.78, 5) is 6.69. The third kappa shape index (κ3) is 5.92. The lowest BCUT2D eigenvalue weighted by atomic mass is 10.1. The predicted molar refractivity (Wildman–Crippen MR) is 91.8 cm³/mol. The molecule has 1 aliphatic heterocycles. The second-order valence-electron chi connectivity index (χ2n) is 5.99. The normalized spacial score (nSPS) is 25.0. The number of guanidine groups is 1. The molecule has 1 rings (SSSR count). The molecular weight excluding hydrogens is 268 g/mol. The van der Waals surface area contributed by atoms with E-state index >= 15 is 0 Å². The number of hydrogen-bond acceptors (Lipinski definition) is 3. The molecule has 20 heavy (non-hydrogen) atoms. The molecule has 0 amide bonds. The van der Waals surface area contributed by atoms with Gasteiger partial charge in [0.2, 0.25) is 0 Å². The number of aliphatic imine (C=N–C) groups is 1. The first-order valence-electron chi connectivity index (χ1n) is 7.79. The van der Waals surface area contributed by atoms with Crippen molar-refractivity contribution in [2.75, 3.05) is 39.5 Å². The monoisotopic (exact) mass is 300 g/mol. The van der Waals surface area contributed by atoms with Gasteiger partial charge in [-0.2, -0.15) is 11.8 Å². The largest absolute Gasteiger partial charge is 0.355 e. The van der Waals surface area contributed by atoms with Gasteiger partial charge in [-0.3, -0.25) is 4.99 Å². The first kappa shape index (κ1) is 17.6. The molecule has 2 N–H and O–H groups in total. The summed E-state index contributed by atoms with van der Waals surface area (Å²) in [6.07, 6.45) is 3.84. The summed E-state index contributed by atoms with van der Waals surface area (Å²) in [6.45, 7) is 9.83. The molecule has 118 valence electrons. The summed E-state index contributed by atoms with van der Waals surface area (Å²) in [7, 11) is 4.03. The fraction of sp³-hybridized carbons (Fsp3) is 0.933. The topological polar surface area (TPSA) is 39.7 Å². The Kier molecular flexibility index (Phi) is 7.74. The van der Waals surface area contributed by atoms with Crippen LogP contribution in [0.15, 0.2) is 4.99 Å². The zero-order chi connectivity index (χ0) is 15.0. The van der Waals surface area contributed by atoms with Crippen molar-refractivity contribution in [1.82, 2.24) is 15.5 Å². The Bertz CT molecular complexity index is 300. The van der Waals surface area contributed by atoms with E-state index in [1.807, 2.05) is 7.05 Å². The molecular formula is C15H32N4S. The minimum Gasteiger partial charge on any atom is -0.355 e. The van der Waals surface area contributed by atoms with Gasteiger partial charge in [-0.1, -0.05) is 6.92 Å². The van der Waals surface area contributed by atoms with E-state index in [9.17, 15) is 0 Å². The SMILES string of the molecule is CCC(C)N(C)CCNC(=NC)NCC1(C)CCCS1. The molecule has 0 radical (unpaired) electrons. The number of nitrogens with zero attached hydrogens (tertiary/aromatic N) is 2. The van der Waals surface area contributed by atoms with Crippen LogP contribution in [0.1, 0.15) is 40.0 Å². The van der Waals surface area contributed by atoms with Gasteiger partial charge >= 0.3 is 0 Å². The third-order valence-corrected chi connectivity index (χ3v) is 5.79. The van der Waals surface area contributed by atoms with Crippen molar-refractivity contribution < 1.29 is 0 Å². The third-order valence-electron chi connectivity index (χ3n) is 4.25. The lowest BCUT2D eigenvalue weighted by molar-refractivity contribution is 0.255. The molecule has 0 spiro atoms. The summed E-state index contributed by atoms with van der Waals surface area (Å²) in [5.74, 6) is 2.22. The molecule has 0 aromatic rings. The van der Waals surface area contributed by atoms with Gasteiger partial charge in [0.25, 0.3) is 0 Å². The number of hydrogen-bond donors (Lipinski definition) is 2. The highest BCUT2D eigenvalue weighted by atomic mass is 32.2. The zero-order valence-electron chi connectivity index (χ0n) is 13.8. The van der Waals surface area contributed by atoms with Crippen LogP contribution in [-0.4, -0.2) is 61.1 Å². The van der Waals surface area contributed by atoms with Crippen LogP contribution in [0.4, 0.5) is 0 Å². The minimum atomic E-state index is 0.380. The molecule has 0 aromatic heterocycles. The number of rotatable bonds is 7. The van der Waals surface area contributed by atoms with Crippen LogP contribution in [-0.2, 0) is 0 Å². The van der Waals surface area contributed by atoms with Gasteiger partial charge in [0.05, 0.1) is 0 Å². The van der Waals surface area contributed by atoms with Crippen molar-refractivity contribution in [3.8, 4) is 0 Å². The van der Waals surface area contributed by atoms with Gasteiger partial charge in [-0.25, -0.2) is 0 Å². The van der Waals surface area contributed by atoms with Crippen LogP contribution >= 0.6 is 11.8 Å². The molecule has 1 fully saturated rings. The first-order chi connectivity index (χ1) is 9.50. The van der Waals surface area contributed by atoms with Crippen LogP contribution in [0.5, 0.6) is 0 Å². The van der Waals surface area contributed by atoms with Crippen LogP contribution in [0, 0.1) is 0 Å². The van der Waals surface area contributed by atoms with Crippen molar-refractivity contribution in [2.45, 2.75) is 50.8 Å². The number of nitrogens with one attached hydrogen (secondary N) is 2. The standard InChI is InChI=1S/C15H32N4S/c1-6-13(2)19(5)10-9-17-14(16-4)18-12-15(3)8-7-11-20-15/h13H,6-12H2,1-5H3,(H2,16,17,18). The number of thioether (sulfide) groups is 1. The molecule has 2 atom stereocenters. The zero-order valence-corrected chi connectivity index (χ0v) is 14.6. The molecule has 4 nitrogen and oxygen atoms in total. The molecule has 1 aliphatic rings. The second kappa shape index (κ2) is 8.78. The van der Waals surface area contributed by atoms with Crippen LogP contribution in [0.3, 0.4) is 0 Å². The maximum Gasteiger partial charge on any atom is 0.191 e. The maximum absolute atomic E-state index is 4.31. The summed E-state index contributed by atoms with van der Waals surface area (Å²) in [5, 5.41) is 6.88. The molecule has 5 heteroatoms. The molecule has 0 aromatic carbocycles. The molecule has 0 aliphatic carbocycles. The quantitative estimate of drug-likeness (QED) is 0.558. The molecule has 0 bridgehead atoms. The Hall–Kier alpha value is -0.420. The van der Waals surface area contributed by atoms with Crippen molar-refractivity contribution >= 4 is 17.7 Å². The summed E-state index contributed by atoms with van der Waals surface area (Å²) in [5.41, 5.74) is 0. The van der Waals surface area contributed by atoms with E-state index < -0.39 is 0 Å². The highest BCUT2D eigenvalue weighted by Crippen LogP contribution is 2.36. The summed E-state index contributed by atoms with van der Waals surface area (Å²) < 4.78 is 0.380. The van der Waals surface area contributed by atoms with Gasteiger partial charge in [0.15, 0.2) is 5.96 Å². The Morgan fingerprint density at radius 1 is 1.45 bits per heavy atom. The fourth-order valence-electron chi connectivity index (χ4n) is 2.35. The Balaban J connectivity index is 2.23. The van der Waals surface area contributed by atoms with Crippen molar-refractivity contribution in [1.29, 1.82) is 0 Å². The van der Waals surface area contributed by atoms with E-state index in [0.29, 0.717) is 10.8 Å². The lowest BCUT2D eigenvalue weighted by Crippen LogP contribution is -2.46. The van der Waals surface area contributed by atoms with E-state index in [2.05, 4.69) is 60.1 Å². The van der Waals surface area contributed by atoms with Gasteiger partial charge in [-0.15, -0.1) is 0 Å². The highest BCUT2D eigenvalue weighted by molar-refractivity contribution is 8.00. The van der Waals surface area contributed by atoms with E-state index in [1.54, 1.807) is 0 Å². The van der Waals surface area contributed by atoms with Crippen molar-refractivity contribution in [3.05, 3.63) is 0 Å². The average molecular weight is 301 g/mol. The van der Waals surface area contributed by atoms with Gasteiger partial charge in [-0.05, 0) is 45.9 Å². The van der Waals surface area contributed by atoms with E-state index in [-0.39, 0.29) is 0 Å². The summed E-state index contributed by atoms with van der Waals surface area (Å²) >= 11 is 2.08. The Morgan fingerprint density at radius 2 is 2.20 bits per heavy atom. The molecule has 1 heterocycles. The van der Waals surface area contributed by atoms with E-state index in [0.717, 1.165) is 25.6 Å². The Labute approximate surface area is 129 Å². The average Bonchev–Trinajstić information content (AvgIpc) is 2.88. The van der Waals surface area contributed by atoms with Crippen molar-refractivity contribution in [2.24, 2.45) is 4.99 Å². The van der Waals surface area contributed by atoms with Crippen LogP contribution in [0.2, 0.25) is 0 Å². The minimum absolute atomic E-state index is 0.380. The lowest BCUT2D eigenvalue weighted by Gasteiger charge is -2.26. The molecule has 0 saturated carbocycles. The van der Waals surface area contributed by atoms with Gasteiger partial charge < -0.3 is 15.5 Å². The fourth-order valence-corrected chi connectivity index (χ4v) is 3.59. The predicted octanol–water partition coefficient (Wildman–Crippen LogP) is 2.17. The second-order valence-corrected chi connectivity index (χ2v) is 7.67. The van der Waals surface area contributed by atoms with E-state index in [1.165, 1.54) is 25.0 Å². The van der Waals surface area contributed by atoms with Gasteiger partial charge in [0.1, 0.15) is 0 Å². The van der Waals surface area contributed by atoms with Crippen LogP contribution < -0.4 is 10.6 Å². The summed E-state index contributed by atoms with van der Waals surface area (Å²) in [6, 6.07) is 0.639. The van der Waals surface area contributed by atoms with E-state index in [4.69, 9.17) is 0 Å². The Morgan fingerprint density at radius 3 is 2.75 bits per heavy atom. The first-order valence-corrected chi connectivity index (χ1v) is 8.78. The maximum atomic E-state index is 4.31. The molecule has 1 saturated heterocycles. The van der Waals surface area contributed by atoms with Crippen LogP contribution in [0.25, 0.3) is 0 Å². The van der Waals surface area contributed by atoms with Gasteiger partial charge in [0, 0.05) is 37.5 Å². The molecule has 2 unspecified atom stereocenters. The highest BCUT2D eigenvalue weighted by Gasteiger charge is 2.29. The van der Waals surface area contributed by atoms with Crippen molar-refractivity contribution in [3.63, 3.8) is 0 Å². The number of likely N-dealkylation sites (N-methyl/N-ethyl adjacent to an activating group) is 1. The smallest absolute Gasteiger partial charge is 0.191 e.